The molecule has 6 heteroatoms. The van der Waals surface area contributed by atoms with E-state index in [2.05, 4.69) is 25.9 Å². The molecular weight excluding hydrogens is 287 g/mol. The van der Waals surface area contributed by atoms with Crippen LogP contribution in [-0.2, 0) is 0 Å². The van der Waals surface area contributed by atoms with Gasteiger partial charge in [0, 0.05) is 10.0 Å². The molecule has 2 rings (SSSR count). The number of nitrogen functional groups attached to an aromatic ring is 1. The average molecular weight is 293 g/mol. The van der Waals surface area contributed by atoms with Crippen LogP contribution in [0.5, 0.6) is 0 Å². The van der Waals surface area contributed by atoms with Crippen LogP contribution in [0.4, 0.5) is 10.2 Å². The van der Waals surface area contributed by atoms with Crippen molar-refractivity contribution in [1.29, 1.82) is 5.26 Å². The minimum Gasteiger partial charge on any atom is -0.382 e. The third-order valence-electron chi connectivity index (χ3n) is 2.06. The van der Waals surface area contributed by atoms with Gasteiger partial charge in [-0.3, -0.25) is 0 Å². The van der Waals surface area contributed by atoms with Crippen LogP contribution in [-0.4, -0.2) is 9.97 Å². The minimum atomic E-state index is -0.402. The minimum absolute atomic E-state index is 0.0814. The molecule has 0 fully saturated rings. The van der Waals surface area contributed by atoms with Crippen LogP contribution in [0.2, 0.25) is 0 Å². The predicted octanol–water partition coefficient (Wildman–Crippen LogP) is 2.50. The van der Waals surface area contributed by atoms with E-state index < -0.39 is 5.82 Å². The van der Waals surface area contributed by atoms with E-state index in [1.54, 1.807) is 6.07 Å². The van der Waals surface area contributed by atoms with Crippen molar-refractivity contribution in [3.05, 3.63) is 40.2 Å². The number of aromatic nitrogens is 2. The van der Waals surface area contributed by atoms with E-state index in [9.17, 15) is 4.39 Å². The largest absolute Gasteiger partial charge is 0.382 e. The van der Waals surface area contributed by atoms with E-state index in [0.717, 1.165) is 0 Å². The maximum Gasteiger partial charge on any atom is 0.161 e. The molecule has 0 saturated carbocycles. The van der Waals surface area contributed by atoms with Crippen molar-refractivity contribution in [2.45, 2.75) is 0 Å². The van der Waals surface area contributed by atoms with Gasteiger partial charge >= 0.3 is 0 Å². The Kier molecular flexibility index (Phi) is 3.02. The highest BCUT2D eigenvalue weighted by molar-refractivity contribution is 9.10. The lowest BCUT2D eigenvalue weighted by atomic mass is 10.2. The molecule has 0 aliphatic rings. The van der Waals surface area contributed by atoms with Gasteiger partial charge in [0.05, 0.1) is 6.20 Å². The molecule has 2 aromatic rings. The maximum atomic E-state index is 13.2. The molecule has 0 aliphatic heterocycles. The number of nitriles is 1. The first-order valence-electron chi connectivity index (χ1n) is 4.59. The molecule has 4 nitrogen and oxygen atoms in total. The molecule has 0 radical (unpaired) electrons. The van der Waals surface area contributed by atoms with Gasteiger partial charge in [-0.15, -0.1) is 0 Å². The molecule has 0 spiro atoms. The van der Waals surface area contributed by atoms with Gasteiger partial charge in [-0.05, 0) is 18.2 Å². The molecule has 0 unspecified atom stereocenters. The third-order valence-corrected chi connectivity index (χ3v) is 2.52. The summed E-state index contributed by atoms with van der Waals surface area (Å²) in [5.74, 6) is -0.0412. The first-order chi connectivity index (χ1) is 8.10. The Labute approximate surface area is 105 Å². The fourth-order valence-electron chi connectivity index (χ4n) is 1.30. The zero-order chi connectivity index (χ0) is 12.4. The van der Waals surface area contributed by atoms with Crippen LogP contribution in [0.25, 0.3) is 11.4 Å². The molecule has 1 aromatic heterocycles. The van der Waals surface area contributed by atoms with Crippen molar-refractivity contribution in [3.63, 3.8) is 0 Å². The molecule has 1 heterocycles. The Balaban J connectivity index is 2.54. The quantitative estimate of drug-likeness (QED) is 0.876. The molecule has 0 atom stereocenters. The van der Waals surface area contributed by atoms with E-state index in [0.29, 0.717) is 10.0 Å². The maximum absolute atomic E-state index is 13.2. The van der Waals surface area contributed by atoms with Gasteiger partial charge in [0.25, 0.3) is 0 Å². The lowest BCUT2D eigenvalue weighted by Gasteiger charge is -2.03. The number of anilines is 1. The highest BCUT2D eigenvalue weighted by Crippen LogP contribution is 2.22. The van der Waals surface area contributed by atoms with Gasteiger partial charge in [0.1, 0.15) is 23.3 Å². The van der Waals surface area contributed by atoms with Crippen LogP contribution in [0.3, 0.4) is 0 Å². The predicted molar refractivity (Wildman–Crippen MR) is 64.3 cm³/mol. The van der Waals surface area contributed by atoms with Crippen LogP contribution >= 0.6 is 15.9 Å². The smallest absolute Gasteiger partial charge is 0.161 e. The summed E-state index contributed by atoms with van der Waals surface area (Å²) in [7, 11) is 0. The summed E-state index contributed by atoms with van der Waals surface area (Å²) < 4.78 is 13.8. The summed E-state index contributed by atoms with van der Waals surface area (Å²) in [6.45, 7) is 0. The molecule has 1 aromatic carbocycles. The molecule has 0 bridgehead atoms. The highest BCUT2D eigenvalue weighted by Gasteiger charge is 2.07. The lowest BCUT2D eigenvalue weighted by Crippen LogP contribution is -1.99. The molecule has 84 valence electrons. The number of rotatable bonds is 1. The van der Waals surface area contributed by atoms with Gasteiger partial charge in [0.15, 0.2) is 5.82 Å². The van der Waals surface area contributed by atoms with Gasteiger partial charge in [-0.25, -0.2) is 14.4 Å². The lowest BCUT2D eigenvalue weighted by molar-refractivity contribution is 0.627. The second kappa shape index (κ2) is 4.47. The number of halogens is 2. The standard InChI is InChI=1S/C11H6BrFN4/c12-8-1-6(2-9(13)3-8)11-16-5-7(4-14)10(15)17-11/h1-3,5H,(H2,15,16,17). The molecule has 0 amide bonds. The van der Waals surface area contributed by atoms with Crippen molar-refractivity contribution in [3.8, 4) is 17.5 Å². The van der Waals surface area contributed by atoms with Crippen molar-refractivity contribution >= 4 is 21.7 Å². The fraction of sp³-hybridized carbons (Fsp3) is 0. The van der Waals surface area contributed by atoms with E-state index >= 15 is 0 Å². The second-order valence-corrected chi connectivity index (χ2v) is 4.18. The fourth-order valence-corrected chi connectivity index (χ4v) is 1.77. The van der Waals surface area contributed by atoms with Gasteiger partial charge in [-0.1, -0.05) is 15.9 Å². The number of nitrogens with two attached hydrogens (primary N) is 1. The Bertz CT molecular complexity index is 601. The van der Waals surface area contributed by atoms with Crippen molar-refractivity contribution in [2.75, 3.05) is 5.73 Å². The van der Waals surface area contributed by atoms with E-state index in [-0.39, 0.29) is 17.2 Å². The van der Waals surface area contributed by atoms with Crippen LogP contribution in [0.1, 0.15) is 5.56 Å². The molecular formula is C11H6BrFN4. The first-order valence-corrected chi connectivity index (χ1v) is 5.38. The van der Waals surface area contributed by atoms with Crippen LogP contribution in [0.15, 0.2) is 28.9 Å². The molecule has 0 saturated heterocycles. The van der Waals surface area contributed by atoms with Gasteiger partial charge < -0.3 is 5.73 Å². The van der Waals surface area contributed by atoms with E-state index in [1.807, 2.05) is 6.07 Å². The summed E-state index contributed by atoms with van der Waals surface area (Å²) in [6, 6.07) is 6.16. The average Bonchev–Trinajstić information content (AvgIpc) is 2.27. The van der Waals surface area contributed by atoms with Crippen molar-refractivity contribution in [1.82, 2.24) is 9.97 Å². The Hall–Kier alpha value is -2.00. The summed E-state index contributed by atoms with van der Waals surface area (Å²) in [5, 5.41) is 8.69. The van der Waals surface area contributed by atoms with Gasteiger partial charge in [0.2, 0.25) is 0 Å². The van der Waals surface area contributed by atoms with E-state index in [4.69, 9.17) is 11.0 Å². The second-order valence-electron chi connectivity index (χ2n) is 3.26. The number of hydrogen-bond donors (Lipinski definition) is 1. The Morgan fingerprint density at radius 2 is 2.12 bits per heavy atom. The monoisotopic (exact) mass is 292 g/mol. The Morgan fingerprint density at radius 1 is 1.35 bits per heavy atom. The first kappa shape index (κ1) is 11.5. The van der Waals surface area contributed by atoms with Crippen LogP contribution in [0, 0.1) is 17.1 Å². The number of hydrogen-bond acceptors (Lipinski definition) is 4. The van der Waals surface area contributed by atoms with E-state index in [1.165, 1.54) is 18.3 Å². The molecule has 2 N–H and O–H groups in total. The summed E-state index contributed by atoms with van der Waals surface area (Å²) in [4.78, 5) is 7.91. The SMILES string of the molecule is N#Cc1cnc(-c2cc(F)cc(Br)c2)nc1N. The summed E-state index contributed by atoms with van der Waals surface area (Å²) in [5.41, 5.74) is 6.26. The third kappa shape index (κ3) is 2.40. The Morgan fingerprint density at radius 3 is 2.71 bits per heavy atom. The molecule has 17 heavy (non-hydrogen) atoms. The zero-order valence-electron chi connectivity index (χ0n) is 8.48. The summed E-state index contributed by atoms with van der Waals surface area (Å²) >= 11 is 3.18. The van der Waals surface area contributed by atoms with Gasteiger partial charge in [-0.2, -0.15) is 5.26 Å². The number of benzene rings is 1. The highest BCUT2D eigenvalue weighted by atomic mass is 79.9. The zero-order valence-corrected chi connectivity index (χ0v) is 10.1. The van der Waals surface area contributed by atoms with Crippen molar-refractivity contribution < 1.29 is 4.39 Å². The molecule has 0 aliphatic carbocycles. The summed E-state index contributed by atoms with van der Waals surface area (Å²) in [6.07, 6.45) is 1.32. The normalized spacial score (nSPS) is 9.94. The van der Waals surface area contributed by atoms with Crippen LogP contribution < -0.4 is 5.73 Å². The van der Waals surface area contributed by atoms with Crippen molar-refractivity contribution in [2.24, 2.45) is 0 Å². The number of nitrogens with zero attached hydrogens (tertiary/aromatic N) is 3. The topological polar surface area (TPSA) is 75.6 Å².